The number of methoxy groups -OCH3 is 1. The van der Waals surface area contributed by atoms with Gasteiger partial charge in [-0.2, -0.15) is 0 Å². The fourth-order valence-corrected chi connectivity index (χ4v) is 5.64. The molecule has 2 aliphatic carbocycles. The largest absolute Gasteiger partial charge is 0.414 e. The maximum atomic E-state index is 14.1. The van der Waals surface area contributed by atoms with Crippen LogP contribution in [0.3, 0.4) is 0 Å². The van der Waals surface area contributed by atoms with Crippen molar-refractivity contribution in [3.63, 3.8) is 0 Å². The van der Waals surface area contributed by atoms with Gasteiger partial charge in [-0.3, -0.25) is 0 Å². The fraction of sp³-hybridized carbons (Fsp3) is 1.00. The van der Waals surface area contributed by atoms with Gasteiger partial charge in [0.25, 0.3) is 0 Å². The van der Waals surface area contributed by atoms with Crippen molar-refractivity contribution in [3.05, 3.63) is 0 Å². The van der Waals surface area contributed by atoms with Crippen molar-refractivity contribution in [2.24, 2.45) is 11.8 Å². The normalized spacial score (nSPS) is 36.2. The third kappa shape index (κ3) is 5.27. The van der Waals surface area contributed by atoms with Gasteiger partial charge in [0.2, 0.25) is 0 Å². The van der Waals surface area contributed by atoms with Gasteiger partial charge in [-0.05, 0) is 74.9 Å². The smallest absolute Gasteiger partial charge is 0.192 e. The van der Waals surface area contributed by atoms with Crippen LogP contribution in [-0.2, 0) is 9.16 Å². The lowest BCUT2D eigenvalue weighted by Crippen LogP contribution is -2.46. The van der Waals surface area contributed by atoms with Crippen LogP contribution in [0.4, 0.5) is 4.39 Å². The Hall–Kier alpha value is 0.0269. The molecule has 1 N–H and O–H groups in total. The molecule has 0 aliphatic heterocycles. The maximum absolute atomic E-state index is 14.1. The van der Waals surface area contributed by atoms with Crippen LogP contribution in [-0.4, -0.2) is 45.0 Å². The molecular weight excluding hydrogens is 335 g/mol. The van der Waals surface area contributed by atoms with Crippen molar-refractivity contribution in [2.45, 2.75) is 108 Å². The zero-order valence-electron chi connectivity index (χ0n) is 17.1. The molecule has 2 saturated carbocycles. The number of rotatable bonds is 5. The number of halogens is 1. The highest BCUT2D eigenvalue weighted by Crippen LogP contribution is 2.41. The van der Waals surface area contributed by atoms with Crippen molar-refractivity contribution in [1.29, 1.82) is 0 Å². The SMILES string of the molecule is COC1CCC(C(O)C2CCC(O[Si](C)(C)C(C)(C)C)CC2)CC1F. The van der Waals surface area contributed by atoms with Gasteiger partial charge in [0, 0.05) is 13.2 Å². The molecule has 0 bridgehead atoms. The van der Waals surface area contributed by atoms with E-state index in [1.54, 1.807) is 7.11 Å². The van der Waals surface area contributed by atoms with E-state index in [2.05, 4.69) is 33.9 Å². The van der Waals surface area contributed by atoms with E-state index >= 15 is 0 Å². The summed E-state index contributed by atoms with van der Waals surface area (Å²) in [7, 11) is -0.140. The summed E-state index contributed by atoms with van der Waals surface area (Å²) >= 11 is 0. The van der Waals surface area contributed by atoms with Crippen LogP contribution in [0.25, 0.3) is 0 Å². The monoisotopic (exact) mass is 374 g/mol. The van der Waals surface area contributed by atoms with Gasteiger partial charge in [0.15, 0.2) is 8.32 Å². The molecule has 2 rings (SSSR count). The topological polar surface area (TPSA) is 38.7 Å². The summed E-state index contributed by atoms with van der Waals surface area (Å²) < 4.78 is 25.9. The van der Waals surface area contributed by atoms with Crippen molar-refractivity contribution in [1.82, 2.24) is 0 Å². The number of aliphatic hydroxyl groups is 1. The molecule has 0 aromatic carbocycles. The standard InChI is InChI=1S/C20H39FO3Si/c1-20(2,3)25(5,6)24-16-10-7-14(8-11-16)19(22)15-9-12-18(23-4)17(21)13-15/h14-19,22H,7-13H2,1-6H3. The first-order valence-corrected chi connectivity index (χ1v) is 13.0. The first-order valence-electron chi connectivity index (χ1n) is 10.1. The Bertz CT molecular complexity index is 416. The average molecular weight is 375 g/mol. The number of alkyl halides is 1. The Balaban J connectivity index is 1.82. The molecule has 0 heterocycles. The molecule has 4 unspecified atom stereocenters. The van der Waals surface area contributed by atoms with Crippen LogP contribution in [0.2, 0.25) is 18.1 Å². The molecule has 0 saturated heterocycles. The molecule has 4 atom stereocenters. The lowest BCUT2D eigenvalue weighted by molar-refractivity contribution is -0.0550. The van der Waals surface area contributed by atoms with Crippen LogP contribution in [0.5, 0.6) is 0 Å². The summed E-state index contributed by atoms with van der Waals surface area (Å²) in [5.74, 6) is 0.389. The highest BCUT2D eigenvalue weighted by molar-refractivity contribution is 6.74. The van der Waals surface area contributed by atoms with Crippen molar-refractivity contribution in [2.75, 3.05) is 7.11 Å². The third-order valence-corrected chi connectivity index (χ3v) is 11.5. The summed E-state index contributed by atoms with van der Waals surface area (Å²) in [6, 6.07) is 0. The molecule has 0 radical (unpaired) electrons. The molecular formula is C20H39FO3Si. The van der Waals surface area contributed by atoms with Gasteiger partial charge in [-0.15, -0.1) is 0 Å². The number of aliphatic hydroxyl groups excluding tert-OH is 1. The van der Waals surface area contributed by atoms with Crippen LogP contribution in [0.15, 0.2) is 0 Å². The second-order valence-corrected chi connectivity index (χ2v) is 14.5. The van der Waals surface area contributed by atoms with E-state index in [1.165, 1.54) is 0 Å². The Kier molecular flexibility index (Phi) is 7.14. The summed E-state index contributed by atoms with van der Waals surface area (Å²) in [5.41, 5.74) is 0. The predicted octanol–water partition coefficient (Wildman–Crippen LogP) is 5.08. The fourth-order valence-electron chi connectivity index (χ4n) is 4.22. The van der Waals surface area contributed by atoms with Crippen LogP contribution < -0.4 is 0 Å². The molecule has 0 spiro atoms. The molecule has 5 heteroatoms. The van der Waals surface area contributed by atoms with Crippen molar-refractivity contribution < 1.29 is 18.7 Å². The lowest BCUT2D eigenvalue weighted by atomic mass is 9.74. The molecule has 148 valence electrons. The van der Waals surface area contributed by atoms with Gasteiger partial charge >= 0.3 is 0 Å². The second-order valence-electron chi connectivity index (χ2n) is 9.77. The summed E-state index contributed by atoms with van der Waals surface area (Å²) in [4.78, 5) is 0. The van der Waals surface area contributed by atoms with Gasteiger partial charge < -0.3 is 14.3 Å². The van der Waals surface area contributed by atoms with Gasteiger partial charge in [0.1, 0.15) is 6.17 Å². The Morgan fingerprint density at radius 1 is 1.00 bits per heavy atom. The number of hydrogen-bond donors (Lipinski definition) is 1. The minimum Gasteiger partial charge on any atom is -0.414 e. The molecule has 25 heavy (non-hydrogen) atoms. The summed E-state index contributed by atoms with van der Waals surface area (Å²) in [6.45, 7) is 11.4. The highest BCUT2D eigenvalue weighted by Gasteiger charge is 2.41. The van der Waals surface area contributed by atoms with Crippen molar-refractivity contribution in [3.8, 4) is 0 Å². The molecule has 0 amide bonds. The van der Waals surface area contributed by atoms with E-state index in [0.717, 1.165) is 38.5 Å². The maximum Gasteiger partial charge on any atom is 0.192 e. The number of hydrogen-bond acceptors (Lipinski definition) is 3. The number of ether oxygens (including phenoxy) is 1. The van der Waals surface area contributed by atoms with Gasteiger partial charge in [-0.1, -0.05) is 20.8 Å². The minimum absolute atomic E-state index is 0.0873. The molecule has 3 nitrogen and oxygen atoms in total. The van der Waals surface area contributed by atoms with Crippen LogP contribution in [0, 0.1) is 11.8 Å². The van der Waals surface area contributed by atoms with Crippen molar-refractivity contribution >= 4 is 8.32 Å². The Morgan fingerprint density at radius 2 is 1.56 bits per heavy atom. The lowest BCUT2D eigenvalue weighted by Gasteiger charge is -2.43. The van der Waals surface area contributed by atoms with E-state index in [0.29, 0.717) is 18.4 Å². The van der Waals surface area contributed by atoms with Gasteiger partial charge in [0.05, 0.1) is 12.2 Å². The zero-order chi connectivity index (χ0) is 18.8. The first kappa shape index (κ1) is 21.3. The minimum atomic E-state index is -1.72. The third-order valence-electron chi connectivity index (χ3n) is 7.01. The summed E-state index contributed by atoms with van der Waals surface area (Å²) in [5, 5.41) is 11.0. The first-order chi connectivity index (χ1) is 11.5. The van der Waals surface area contributed by atoms with E-state index in [4.69, 9.17) is 9.16 Å². The Morgan fingerprint density at radius 3 is 2.04 bits per heavy atom. The zero-order valence-corrected chi connectivity index (χ0v) is 18.1. The van der Waals surface area contributed by atoms with E-state index < -0.39 is 14.5 Å². The molecule has 0 aromatic rings. The van der Waals surface area contributed by atoms with Crippen LogP contribution in [0.1, 0.15) is 65.7 Å². The second kappa shape index (κ2) is 8.36. The van der Waals surface area contributed by atoms with Crippen LogP contribution >= 0.6 is 0 Å². The highest BCUT2D eigenvalue weighted by atomic mass is 28.4. The quantitative estimate of drug-likeness (QED) is 0.682. The molecule has 0 aromatic heterocycles. The van der Waals surface area contributed by atoms with E-state index in [-0.39, 0.29) is 23.2 Å². The van der Waals surface area contributed by atoms with E-state index in [9.17, 15) is 9.50 Å². The summed E-state index contributed by atoms with van der Waals surface area (Å²) in [6.07, 6.45) is 4.86. The molecule has 2 fully saturated rings. The van der Waals surface area contributed by atoms with E-state index in [1.807, 2.05) is 0 Å². The average Bonchev–Trinajstić information content (AvgIpc) is 2.53. The Labute approximate surface area is 154 Å². The molecule has 2 aliphatic rings. The van der Waals surface area contributed by atoms with Gasteiger partial charge in [-0.25, -0.2) is 4.39 Å². The predicted molar refractivity (Wildman–Crippen MR) is 103 cm³/mol.